The number of amides is 1. The lowest BCUT2D eigenvalue weighted by Gasteiger charge is -2.20. The van der Waals surface area contributed by atoms with Crippen molar-refractivity contribution in [3.05, 3.63) is 35.2 Å². The number of fused-ring (bicyclic) bond motifs is 1. The van der Waals surface area contributed by atoms with E-state index >= 15 is 0 Å². The van der Waals surface area contributed by atoms with Crippen LogP contribution in [0.2, 0.25) is 0 Å². The summed E-state index contributed by atoms with van der Waals surface area (Å²) in [5.41, 5.74) is 6.84. The van der Waals surface area contributed by atoms with Gasteiger partial charge >= 0.3 is 6.09 Å². The van der Waals surface area contributed by atoms with Gasteiger partial charge in [-0.1, -0.05) is 18.2 Å². The Morgan fingerprint density at radius 3 is 2.81 bits per heavy atom. The Morgan fingerprint density at radius 1 is 1.38 bits per heavy atom. The van der Waals surface area contributed by atoms with E-state index in [2.05, 4.69) is 22.8 Å². The molecule has 2 aromatic rings. The number of hydrogen-bond donors (Lipinski definition) is 2. The lowest BCUT2D eigenvalue weighted by atomic mass is 10.1. The van der Waals surface area contributed by atoms with E-state index in [1.165, 1.54) is 15.6 Å². The summed E-state index contributed by atoms with van der Waals surface area (Å²) in [6.45, 7) is 5.91. The zero-order valence-electron chi connectivity index (χ0n) is 12.7. The topological polar surface area (TPSA) is 64.3 Å². The molecule has 0 aliphatic carbocycles. The molecule has 5 heteroatoms. The predicted octanol–water partition coefficient (Wildman–Crippen LogP) is 3.30. The number of benzene rings is 1. The van der Waals surface area contributed by atoms with Crippen LogP contribution in [0.3, 0.4) is 0 Å². The predicted molar refractivity (Wildman–Crippen MR) is 87.7 cm³/mol. The third kappa shape index (κ3) is 4.72. The van der Waals surface area contributed by atoms with E-state index in [1.54, 1.807) is 11.3 Å². The van der Waals surface area contributed by atoms with E-state index in [9.17, 15) is 4.79 Å². The van der Waals surface area contributed by atoms with Gasteiger partial charge in [-0.2, -0.15) is 0 Å². The summed E-state index contributed by atoms with van der Waals surface area (Å²) in [7, 11) is 0. The molecule has 0 radical (unpaired) electrons. The van der Waals surface area contributed by atoms with Crippen LogP contribution in [0.25, 0.3) is 10.1 Å². The summed E-state index contributed by atoms with van der Waals surface area (Å²) < 4.78 is 6.45. The minimum Gasteiger partial charge on any atom is -0.444 e. The molecule has 0 aliphatic heterocycles. The number of rotatable bonds is 4. The van der Waals surface area contributed by atoms with Crippen LogP contribution in [0.5, 0.6) is 0 Å². The molecule has 114 valence electrons. The van der Waals surface area contributed by atoms with Crippen LogP contribution < -0.4 is 11.1 Å². The monoisotopic (exact) mass is 306 g/mol. The Morgan fingerprint density at radius 2 is 2.10 bits per heavy atom. The number of alkyl carbamates (subject to hydrolysis) is 1. The molecule has 0 aliphatic rings. The maximum absolute atomic E-state index is 11.6. The van der Waals surface area contributed by atoms with E-state index in [0.717, 1.165) is 6.42 Å². The first kappa shape index (κ1) is 15.8. The van der Waals surface area contributed by atoms with Gasteiger partial charge in [0.25, 0.3) is 0 Å². The standard InChI is InChI=1S/C16H22N2O2S/c1-16(2,3)20-15(19)18-9-12(17)8-11-10-21-14-7-5-4-6-13(11)14/h4-7,10,12H,8-9,17H2,1-3H3,(H,18,19). The summed E-state index contributed by atoms with van der Waals surface area (Å²) in [4.78, 5) is 11.6. The molecule has 1 heterocycles. The molecule has 0 spiro atoms. The lowest BCUT2D eigenvalue weighted by molar-refractivity contribution is 0.0524. The second-order valence-corrected chi connectivity index (χ2v) is 7.02. The van der Waals surface area contributed by atoms with Crippen molar-refractivity contribution < 1.29 is 9.53 Å². The Balaban J connectivity index is 1.87. The van der Waals surface area contributed by atoms with E-state index in [4.69, 9.17) is 10.5 Å². The van der Waals surface area contributed by atoms with Gasteiger partial charge in [-0.15, -0.1) is 11.3 Å². The van der Waals surface area contributed by atoms with Crippen molar-refractivity contribution in [3.63, 3.8) is 0 Å². The molecule has 1 atom stereocenters. The van der Waals surface area contributed by atoms with Gasteiger partial charge in [0.15, 0.2) is 0 Å². The van der Waals surface area contributed by atoms with Gasteiger partial charge < -0.3 is 15.8 Å². The Labute approximate surface area is 129 Å². The van der Waals surface area contributed by atoms with Crippen molar-refractivity contribution in [2.45, 2.75) is 38.8 Å². The maximum atomic E-state index is 11.6. The van der Waals surface area contributed by atoms with Crippen LogP contribution in [0.4, 0.5) is 4.79 Å². The third-order valence-corrected chi connectivity index (χ3v) is 3.96. The van der Waals surface area contributed by atoms with Gasteiger partial charge in [0, 0.05) is 17.3 Å². The molecule has 3 N–H and O–H groups in total. The van der Waals surface area contributed by atoms with Crippen molar-refractivity contribution in [2.75, 3.05) is 6.54 Å². The molecule has 1 amide bonds. The van der Waals surface area contributed by atoms with Gasteiger partial charge in [-0.3, -0.25) is 0 Å². The average molecular weight is 306 g/mol. The zero-order valence-corrected chi connectivity index (χ0v) is 13.5. The van der Waals surface area contributed by atoms with E-state index in [0.29, 0.717) is 6.54 Å². The minimum atomic E-state index is -0.488. The molecule has 1 aromatic heterocycles. The molecule has 1 aromatic carbocycles. The van der Waals surface area contributed by atoms with Gasteiger partial charge in [0.2, 0.25) is 0 Å². The Hall–Kier alpha value is -1.59. The van der Waals surface area contributed by atoms with E-state index in [1.807, 2.05) is 32.9 Å². The summed E-state index contributed by atoms with van der Waals surface area (Å²) in [5, 5.41) is 6.10. The van der Waals surface area contributed by atoms with Crippen molar-refractivity contribution in [1.29, 1.82) is 0 Å². The van der Waals surface area contributed by atoms with Crippen LogP contribution in [-0.2, 0) is 11.2 Å². The second-order valence-electron chi connectivity index (χ2n) is 6.10. The van der Waals surface area contributed by atoms with E-state index < -0.39 is 11.7 Å². The van der Waals surface area contributed by atoms with Crippen LogP contribution in [0.15, 0.2) is 29.6 Å². The van der Waals surface area contributed by atoms with Crippen molar-refractivity contribution in [3.8, 4) is 0 Å². The highest BCUT2D eigenvalue weighted by Gasteiger charge is 2.17. The number of nitrogens with one attached hydrogen (secondary N) is 1. The van der Waals surface area contributed by atoms with Gasteiger partial charge in [0.05, 0.1) is 0 Å². The fraction of sp³-hybridized carbons (Fsp3) is 0.438. The van der Waals surface area contributed by atoms with Crippen LogP contribution in [-0.4, -0.2) is 24.3 Å². The summed E-state index contributed by atoms with van der Waals surface area (Å²) >= 11 is 1.72. The molecular weight excluding hydrogens is 284 g/mol. The van der Waals surface area contributed by atoms with Crippen LogP contribution in [0, 0.1) is 0 Å². The SMILES string of the molecule is CC(C)(C)OC(=O)NCC(N)Cc1csc2ccccc12. The Bertz CT molecular complexity index is 616. The molecule has 4 nitrogen and oxygen atoms in total. The highest BCUT2D eigenvalue weighted by atomic mass is 32.1. The summed E-state index contributed by atoms with van der Waals surface area (Å²) in [5.74, 6) is 0. The molecule has 0 saturated heterocycles. The fourth-order valence-corrected chi connectivity index (χ4v) is 3.05. The van der Waals surface area contributed by atoms with Crippen LogP contribution >= 0.6 is 11.3 Å². The van der Waals surface area contributed by atoms with Gasteiger partial charge in [-0.05, 0) is 49.6 Å². The zero-order chi connectivity index (χ0) is 15.5. The number of ether oxygens (including phenoxy) is 1. The third-order valence-electron chi connectivity index (χ3n) is 2.95. The quantitative estimate of drug-likeness (QED) is 0.911. The van der Waals surface area contributed by atoms with Gasteiger partial charge in [-0.25, -0.2) is 4.79 Å². The molecule has 0 saturated carbocycles. The number of carbonyl (C=O) groups excluding carboxylic acids is 1. The van der Waals surface area contributed by atoms with Gasteiger partial charge in [0.1, 0.15) is 5.60 Å². The fourth-order valence-electron chi connectivity index (χ4n) is 2.07. The molecule has 0 bridgehead atoms. The summed E-state index contributed by atoms with van der Waals surface area (Å²) in [6.07, 6.45) is 0.313. The molecule has 0 fully saturated rings. The summed E-state index contributed by atoms with van der Waals surface area (Å²) in [6, 6.07) is 8.15. The first-order valence-corrected chi connectivity index (χ1v) is 7.90. The second kappa shape index (κ2) is 6.45. The highest BCUT2D eigenvalue weighted by molar-refractivity contribution is 7.17. The van der Waals surface area contributed by atoms with Crippen LogP contribution in [0.1, 0.15) is 26.3 Å². The lowest BCUT2D eigenvalue weighted by Crippen LogP contribution is -2.41. The minimum absolute atomic E-state index is 0.129. The molecular formula is C16H22N2O2S. The van der Waals surface area contributed by atoms with Crippen molar-refractivity contribution >= 4 is 27.5 Å². The largest absolute Gasteiger partial charge is 0.444 e. The molecule has 1 unspecified atom stereocenters. The molecule has 2 rings (SSSR count). The average Bonchev–Trinajstić information content (AvgIpc) is 2.78. The first-order valence-electron chi connectivity index (χ1n) is 7.03. The number of hydrogen-bond acceptors (Lipinski definition) is 4. The molecule has 21 heavy (non-hydrogen) atoms. The first-order chi connectivity index (χ1) is 9.85. The maximum Gasteiger partial charge on any atom is 0.407 e. The van der Waals surface area contributed by atoms with Crippen molar-refractivity contribution in [2.24, 2.45) is 5.73 Å². The smallest absolute Gasteiger partial charge is 0.407 e. The Kier molecular flexibility index (Phi) is 4.85. The number of carbonyl (C=O) groups is 1. The van der Waals surface area contributed by atoms with Crippen molar-refractivity contribution in [1.82, 2.24) is 5.32 Å². The highest BCUT2D eigenvalue weighted by Crippen LogP contribution is 2.26. The number of nitrogens with two attached hydrogens (primary N) is 1. The number of thiophene rings is 1. The normalized spacial score (nSPS) is 13.1. The van der Waals surface area contributed by atoms with E-state index in [-0.39, 0.29) is 6.04 Å².